The fourth-order valence-electron chi connectivity index (χ4n) is 1.24. The topological polar surface area (TPSA) is 69.5 Å². The van der Waals surface area contributed by atoms with Gasteiger partial charge < -0.3 is 14.2 Å². The Bertz CT molecular complexity index is 404. The van der Waals surface area contributed by atoms with Crippen LogP contribution >= 0.6 is 0 Å². The van der Waals surface area contributed by atoms with Gasteiger partial charge in [0.1, 0.15) is 5.75 Å². The van der Waals surface area contributed by atoms with Gasteiger partial charge in [-0.3, -0.25) is 0 Å². The van der Waals surface area contributed by atoms with E-state index < -0.39 is 0 Å². The van der Waals surface area contributed by atoms with Gasteiger partial charge >= 0.3 is 0 Å². The van der Waals surface area contributed by atoms with Gasteiger partial charge in [-0.1, -0.05) is 0 Å². The summed E-state index contributed by atoms with van der Waals surface area (Å²) in [6, 6.07) is 3.29. The zero-order valence-corrected chi connectivity index (χ0v) is 9.26. The van der Waals surface area contributed by atoms with Gasteiger partial charge in [-0.05, 0) is 6.07 Å². The summed E-state index contributed by atoms with van der Waals surface area (Å²) in [6.07, 6.45) is 1.29. The monoisotopic (exact) mass is 224 g/mol. The van der Waals surface area contributed by atoms with E-state index in [9.17, 15) is 4.91 Å². The molecular weight excluding hydrogens is 212 g/mol. The number of nitrogens with zero attached hydrogens (tertiary/aromatic N) is 2. The van der Waals surface area contributed by atoms with E-state index in [1.807, 2.05) is 0 Å². The van der Waals surface area contributed by atoms with Crippen molar-refractivity contribution in [2.24, 2.45) is 10.4 Å². The Labute approximate surface area is 92.8 Å². The van der Waals surface area contributed by atoms with Crippen LogP contribution in [0.3, 0.4) is 0 Å². The summed E-state index contributed by atoms with van der Waals surface area (Å²) in [6.45, 7) is 0. The average molecular weight is 224 g/mol. The normalized spacial score (nSPS) is 10.2. The number of rotatable bonds is 5. The lowest BCUT2D eigenvalue weighted by atomic mass is 10.2. The molecule has 1 rings (SSSR count). The second kappa shape index (κ2) is 5.69. The van der Waals surface area contributed by atoms with E-state index in [1.54, 1.807) is 12.1 Å². The predicted octanol–water partition coefficient (Wildman–Crippen LogP) is 1.81. The summed E-state index contributed by atoms with van der Waals surface area (Å²) in [4.78, 5) is 9.91. The minimum Gasteiger partial charge on any atom is -0.496 e. The number of nitroso groups, excluding NO2 is 1. The highest BCUT2D eigenvalue weighted by molar-refractivity contribution is 5.85. The van der Waals surface area contributed by atoms with E-state index in [-0.39, 0.29) is 0 Å². The van der Waals surface area contributed by atoms with Crippen molar-refractivity contribution < 1.29 is 14.2 Å². The third kappa shape index (κ3) is 2.47. The van der Waals surface area contributed by atoms with Gasteiger partial charge in [-0.15, -0.1) is 10.0 Å². The molecule has 0 radical (unpaired) electrons. The van der Waals surface area contributed by atoms with Gasteiger partial charge in [0.05, 0.1) is 32.8 Å². The molecule has 0 aliphatic rings. The Balaban J connectivity index is 3.25. The number of methoxy groups -OCH3 is 3. The Kier molecular flexibility index (Phi) is 4.26. The van der Waals surface area contributed by atoms with Crippen molar-refractivity contribution >= 4 is 6.21 Å². The molecule has 0 fully saturated rings. The van der Waals surface area contributed by atoms with Crippen LogP contribution in [0.4, 0.5) is 0 Å². The van der Waals surface area contributed by atoms with Crippen molar-refractivity contribution in [3.8, 4) is 17.2 Å². The maximum atomic E-state index is 9.91. The molecule has 1 aromatic carbocycles. The van der Waals surface area contributed by atoms with Crippen LogP contribution in [0.1, 0.15) is 5.56 Å². The Hall–Kier alpha value is -2.11. The smallest absolute Gasteiger partial charge is 0.164 e. The van der Waals surface area contributed by atoms with Crippen LogP contribution in [-0.2, 0) is 0 Å². The number of ether oxygens (including phenoxy) is 3. The van der Waals surface area contributed by atoms with Crippen LogP contribution in [0.2, 0.25) is 0 Å². The van der Waals surface area contributed by atoms with Crippen LogP contribution in [0.15, 0.2) is 22.5 Å². The van der Waals surface area contributed by atoms with Crippen LogP contribution in [-0.4, -0.2) is 27.5 Å². The van der Waals surface area contributed by atoms with Gasteiger partial charge in [0.2, 0.25) is 0 Å². The fraction of sp³-hybridized carbons (Fsp3) is 0.300. The Morgan fingerprint density at radius 2 is 1.56 bits per heavy atom. The fourth-order valence-corrected chi connectivity index (χ4v) is 1.24. The molecule has 0 N–H and O–H groups in total. The molecule has 0 aliphatic heterocycles. The van der Waals surface area contributed by atoms with E-state index in [1.165, 1.54) is 27.5 Å². The Morgan fingerprint density at radius 1 is 1.00 bits per heavy atom. The van der Waals surface area contributed by atoms with Crippen LogP contribution in [0.25, 0.3) is 0 Å². The lowest BCUT2D eigenvalue weighted by Gasteiger charge is -2.11. The first-order valence-electron chi connectivity index (χ1n) is 4.42. The molecule has 86 valence electrons. The molecular formula is C10H12N2O4. The maximum absolute atomic E-state index is 9.91. The third-order valence-electron chi connectivity index (χ3n) is 1.98. The Morgan fingerprint density at radius 3 is 2.06 bits per heavy atom. The minimum atomic E-state index is 0.519. The van der Waals surface area contributed by atoms with Gasteiger partial charge in [0.15, 0.2) is 11.5 Å². The molecule has 0 heterocycles. The zero-order valence-electron chi connectivity index (χ0n) is 9.26. The molecule has 6 heteroatoms. The highest BCUT2D eigenvalue weighted by atomic mass is 16.5. The SMILES string of the molecule is COc1cc(OC)c(OC)cc1C=NN=O. The molecule has 0 atom stereocenters. The maximum Gasteiger partial charge on any atom is 0.164 e. The minimum absolute atomic E-state index is 0.519. The average Bonchev–Trinajstić information content (AvgIpc) is 2.35. The van der Waals surface area contributed by atoms with Crippen molar-refractivity contribution in [3.63, 3.8) is 0 Å². The lowest BCUT2D eigenvalue weighted by molar-refractivity contribution is 0.349. The van der Waals surface area contributed by atoms with E-state index in [0.29, 0.717) is 22.8 Å². The summed E-state index contributed by atoms with van der Waals surface area (Å²) in [5, 5.41) is 5.65. The molecule has 6 nitrogen and oxygen atoms in total. The quantitative estimate of drug-likeness (QED) is 0.434. The van der Waals surface area contributed by atoms with Crippen molar-refractivity contribution in [1.82, 2.24) is 0 Å². The van der Waals surface area contributed by atoms with Crippen LogP contribution in [0, 0.1) is 4.91 Å². The van der Waals surface area contributed by atoms with Gasteiger partial charge in [0.25, 0.3) is 0 Å². The van der Waals surface area contributed by atoms with E-state index >= 15 is 0 Å². The van der Waals surface area contributed by atoms with Crippen molar-refractivity contribution in [1.29, 1.82) is 0 Å². The third-order valence-corrected chi connectivity index (χ3v) is 1.98. The summed E-state index contributed by atoms with van der Waals surface area (Å²) in [5.41, 5.74) is 0.583. The van der Waals surface area contributed by atoms with E-state index in [2.05, 4.69) is 10.4 Å². The first kappa shape index (κ1) is 12.0. The van der Waals surface area contributed by atoms with Gasteiger partial charge in [0, 0.05) is 11.6 Å². The molecule has 0 saturated carbocycles. The van der Waals surface area contributed by atoms with Crippen molar-refractivity contribution in [2.45, 2.75) is 0 Å². The second-order valence-corrected chi connectivity index (χ2v) is 2.78. The number of benzene rings is 1. The lowest BCUT2D eigenvalue weighted by Crippen LogP contribution is -1.96. The molecule has 16 heavy (non-hydrogen) atoms. The summed E-state index contributed by atoms with van der Waals surface area (Å²) in [5.74, 6) is 1.58. The summed E-state index contributed by atoms with van der Waals surface area (Å²) >= 11 is 0. The number of hydrogen-bond acceptors (Lipinski definition) is 5. The molecule has 0 unspecified atom stereocenters. The molecule has 0 saturated heterocycles. The molecule has 0 spiro atoms. The van der Waals surface area contributed by atoms with Crippen LogP contribution < -0.4 is 14.2 Å². The van der Waals surface area contributed by atoms with Crippen LogP contribution in [0.5, 0.6) is 17.2 Å². The van der Waals surface area contributed by atoms with Crippen molar-refractivity contribution in [2.75, 3.05) is 21.3 Å². The highest BCUT2D eigenvalue weighted by Gasteiger charge is 2.10. The molecule has 1 aromatic rings. The molecule has 0 bridgehead atoms. The second-order valence-electron chi connectivity index (χ2n) is 2.78. The standard InChI is InChI=1S/C10H12N2O4/c1-14-8-5-10(16-3)9(15-2)4-7(8)6-11-12-13/h4-6H,1-3H3. The number of hydrogen-bond donors (Lipinski definition) is 0. The first-order chi connectivity index (χ1) is 7.76. The predicted molar refractivity (Wildman–Crippen MR) is 59.5 cm³/mol. The first-order valence-corrected chi connectivity index (χ1v) is 4.42. The largest absolute Gasteiger partial charge is 0.496 e. The summed E-state index contributed by atoms with van der Waals surface area (Å²) in [7, 11) is 4.55. The van der Waals surface area contributed by atoms with Crippen molar-refractivity contribution in [3.05, 3.63) is 22.6 Å². The molecule has 0 amide bonds. The summed E-state index contributed by atoms with van der Waals surface area (Å²) < 4.78 is 15.3. The highest BCUT2D eigenvalue weighted by Crippen LogP contribution is 2.33. The van der Waals surface area contributed by atoms with Gasteiger partial charge in [-0.2, -0.15) is 0 Å². The molecule has 0 aromatic heterocycles. The van der Waals surface area contributed by atoms with Gasteiger partial charge in [-0.25, -0.2) is 0 Å². The van der Waals surface area contributed by atoms with E-state index in [4.69, 9.17) is 14.2 Å². The van der Waals surface area contributed by atoms with E-state index in [0.717, 1.165) is 0 Å². The zero-order chi connectivity index (χ0) is 12.0. The molecule has 0 aliphatic carbocycles.